The van der Waals surface area contributed by atoms with Crippen LogP contribution in [0.5, 0.6) is 0 Å². The summed E-state index contributed by atoms with van der Waals surface area (Å²) >= 11 is 0. The highest BCUT2D eigenvalue weighted by Crippen LogP contribution is 2.57. The van der Waals surface area contributed by atoms with E-state index in [-0.39, 0.29) is 12.8 Å². The number of fused-ring (bicyclic) bond motifs is 2. The first kappa shape index (κ1) is 38.6. The molecule has 2 N–H and O–H groups in total. The van der Waals surface area contributed by atoms with Crippen LogP contribution < -0.4 is 0 Å². The molecule has 0 spiro atoms. The summed E-state index contributed by atoms with van der Waals surface area (Å²) in [6, 6.07) is 9.46. The number of esters is 3. The summed E-state index contributed by atoms with van der Waals surface area (Å²) in [5, 5.41) is 24.9. The van der Waals surface area contributed by atoms with Crippen LogP contribution >= 0.6 is 0 Å². The molecule has 0 amide bonds. The van der Waals surface area contributed by atoms with E-state index in [1.807, 2.05) is 42.5 Å². The summed E-state index contributed by atoms with van der Waals surface area (Å²) in [7, 11) is 1.37. The first-order valence-electron chi connectivity index (χ1n) is 15.8. The first-order chi connectivity index (χ1) is 21.3. The van der Waals surface area contributed by atoms with Crippen molar-refractivity contribution in [3.63, 3.8) is 0 Å². The van der Waals surface area contributed by atoms with Gasteiger partial charge in [0.05, 0.1) is 0 Å². The van der Waals surface area contributed by atoms with Gasteiger partial charge in [0.15, 0.2) is 5.79 Å². The lowest BCUT2D eigenvalue weighted by Crippen LogP contribution is -2.79. The lowest BCUT2D eigenvalue weighted by Gasteiger charge is -2.51. The van der Waals surface area contributed by atoms with Crippen LogP contribution in [0.25, 0.3) is 6.08 Å². The van der Waals surface area contributed by atoms with Gasteiger partial charge in [-0.1, -0.05) is 42.5 Å². The quantitative estimate of drug-likeness (QED) is 0.209. The fraction of sp³-hybridized carbons (Fsp3) is 0.686. The van der Waals surface area contributed by atoms with Crippen LogP contribution in [-0.4, -0.2) is 93.1 Å². The third-order valence-corrected chi connectivity index (χ3v) is 7.44. The Kier molecular flexibility index (Phi) is 10.8. The molecule has 0 saturated carbocycles. The molecule has 0 aliphatic carbocycles. The molecule has 2 bridgehead atoms. The molecular formula is C35H52O12. The molecule has 264 valence electrons. The van der Waals surface area contributed by atoms with Gasteiger partial charge >= 0.3 is 17.9 Å². The number of benzene rings is 1. The number of aliphatic hydroxyl groups is 2. The van der Waals surface area contributed by atoms with E-state index >= 15 is 0 Å². The molecule has 2 heterocycles. The standard InChI is InChI=1S/C35H52O12/c1-29(2,3)44-26(37)25-34(40,27(38)45-30(4,5)6)35(28(39)46-31(7,8)9)23(36)24(42-32(10,11)41-12)33(43-25,47-35)21-17-16-20-22-18-14-13-15-19-22/h13-16,18-20,23-25,36,40H,17,21H2,1-12H3/b20-16+/t23-,24-,25-,33-,34-,35-/m1/s1. The minimum absolute atomic E-state index is 0.119. The molecule has 12 heteroatoms. The van der Waals surface area contributed by atoms with Crippen molar-refractivity contribution in [2.24, 2.45) is 0 Å². The highest BCUT2D eigenvalue weighted by molar-refractivity contribution is 5.99. The summed E-state index contributed by atoms with van der Waals surface area (Å²) in [4.78, 5) is 42.6. The average Bonchev–Trinajstić information content (AvgIpc) is 3.12. The third-order valence-electron chi connectivity index (χ3n) is 7.44. The molecule has 2 fully saturated rings. The second-order valence-corrected chi connectivity index (χ2v) is 15.4. The molecular weight excluding hydrogens is 612 g/mol. The molecule has 0 radical (unpaired) electrons. The van der Waals surface area contributed by atoms with Gasteiger partial charge in [-0.25, -0.2) is 14.4 Å². The minimum atomic E-state index is -3.33. The summed E-state index contributed by atoms with van der Waals surface area (Å²) in [6.07, 6.45) is -2.26. The monoisotopic (exact) mass is 664 g/mol. The highest BCUT2D eigenvalue weighted by atomic mass is 16.8. The zero-order chi connectivity index (χ0) is 35.9. The van der Waals surface area contributed by atoms with Crippen molar-refractivity contribution in [2.75, 3.05) is 7.11 Å². The fourth-order valence-electron chi connectivity index (χ4n) is 5.41. The number of methoxy groups -OCH3 is 1. The molecule has 12 nitrogen and oxygen atoms in total. The van der Waals surface area contributed by atoms with E-state index in [0.717, 1.165) is 5.56 Å². The van der Waals surface area contributed by atoms with Crippen molar-refractivity contribution < 1.29 is 57.8 Å². The molecule has 47 heavy (non-hydrogen) atoms. The summed E-state index contributed by atoms with van der Waals surface area (Å²) < 4.78 is 41.3. The first-order valence-corrected chi connectivity index (χ1v) is 15.8. The molecule has 1 aromatic rings. The van der Waals surface area contributed by atoms with Crippen molar-refractivity contribution in [3.8, 4) is 0 Å². The second-order valence-electron chi connectivity index (χ2n) is 15.4. The Labute approximate surface area is 277 Å². The third kappa shape index (κ3) is 8.23. The maximum absolute atomic E-state index is 14.4. The van der Waals surface area contributed by atoms with E-state index in [1.54, 1.807) is 55.4 Å². The van der Waals surface area contributed by atoms with Gasteiger partial charge in [0.2, 0.25) is 23.1 Å². The fourth-order valence-corrected chi connectivity index (χ4v) is 5.41. The Morgan fingerprint density at radius 1 is 0.851 bits per heavy atom. The van der Waals surface area contributed by atoms with Crippen LogP contribution in [0.1, 0.15) is 94.6 Å². The Bertz CT molecular complexity index is 1320. The van der Waals surface area contributed by atoms with Gasteiger partial charge in [0, 0.05) is 13.5 Å². The Hall–Kier alpha value is -2.87. The number of carbonyl (C=O) groups excluding carboxylic acids is 3. The lowest BCUT2D eigenvalue weighted by molar-refractivity contribution is -0.387. The van der Waals surface area contributed by atoms with Gasteiger partial charge in [-0.2, -0.15) is 0 Å². The predicted octanol–water partition coefficient (Wildman–Crippen LogP) is 4.23. The minimum Gasteiger partial charge on any atom is -0.458 e. The van der Waals surface area contributed by atoms with Gasteiger partial charge < -0.3 is 43.4 Å². The highest BCUT2D eigenvalue weighted by Gasteiger charge is 2.86. The normalized spacial score (nSPS) is 29.9. The summed E-state index contributed by atoms with van der Waals surface area (Å²) in [5.41, 5.74) is -8.97. The molecule has 2 aliphatic heterocycles. The van der Waals surface area contributed by atoms with Crippen molar-refractivity contribution in [2.45, 2.75) is 147 Å². The number of hydrogen-bond donors (Lipinski definition) is 2. The van der Waals surface area contributed by atoms with Crippen LogP contribution in [0, 0.1) is 0 Å². The van der Waals surface area contributed by atoms with Crippen molar-refractivity contribution in [1.82, 2.24) is 0 Å². The van der Waals surface area contributed by atoms with Gasteiger partial charge in [-0.05, 0) is 88.1 Å². The summed E-state index contributed by atoms with van der Waals surface area (Å²) in [5.74, 6) is -7.56. The molecule has 1 aromatic carbocycles. The van der Waals surface area contributed by atoms with Crippen LogP contribution in [0.4, 0.5) is 0 Å². The van der Waals surface area contributed by atoms with Crippen molar-refractivity contribution in [1.29, 1.82) is 0 Å². The van der Waals surface area contributed by atoms with E-state index < -0.39 is 75.8 Å². The predicted molar refractivity (Wildman–Crippen MR) is 171 cm³/mol. The smallest absolute Gasteiger partial charge is 0.346 e. The van der Waals surface area contributed by atoms with Gasteiger partial charge in [0.25, 0.3) is 0 Å². The zero-order valence-corrected chi connectivity index (χ0v) is 29.7. The average molecular weight is 665 g/mol. The van der Waals surface area contributed by atoms with E-state index in [1.165, 1.54) is 27.9 Å². The Balaban J connectivity index is 2.33. The van der Waals surface area contributed by atoms with Gasteiger partial charge in [0.1, 0.15) is 29.0 Å². The largest absolute Gasteiger partial charge is 0.458 e. The number of aliphatic hydroxyl groups excluding tert-OH is 1. The Morgan fingerprint density at radius 3 is 1.89 bits per heavy atom. The SMILES string of the molecule is COC(C)(C)O[C@@H]1[C@@H](O)[C@]2(C(=O)OC(C)(C)C)O[C@@]1(CC/C=C/c1ccccc1)O[C@H](C(=O)OC(C)(C)C)[C@@]2(O)C(=O)OC(C)(C)C. The lowest BCUT2D eigenvalue weighted by atomic mass is 9.74. The molecule has 0 unspecified atom stereocenters. The molecule has 2 aliphatic rings. The Morgan fingerprint density at radius 2 is 1.38 bits per heavy atom. The van der Waals surface area contributed by atoms with E-state index in [0.29, 0.717) is 0 Å². The van der Waals surface area contributed by atoms with E-state index in [4.69, 9.17) is 33.2 Å². The molecule has 6 atom stereocenters. The number of carbonyl (C=O) groups is 3. The topological polar surface area (TPSA) is 156 Å². The molecule has 3 rings (SSSR count). The molecule has 0 aromatic heterocycles. The number of allylic oxidation sites excluding steroid dienone is 1. The van der Waals surface area contributed by atoms with Gasteiger partial charge in [-0.15, -0.1) is 0 Å². The van der Waals surface area contributed by atoms with Crippen LogP contribution in [-0.2, 0) is 47.5 Å². The second kappa shape index (κ2) is 13.2. The zero-order valence-electron chi connectivity index (χ0n) is 29.7. The van der Waals surface area contributed by atoms with Gasteiger partial charge in [-0.3, -0.25) is 0 Å². The van der Waals surface area contributed by atoms with E-state index in [9.17, 15) is 24.6 Å². The van der Waals surface area contributed by atoms with Crippen LogP contribution in [0.15, 0.2) is 36.4 Å². The van der Waals surface area contributed by atoms with Crippen LogP contribution in [0.2, 0.25) is 0 Å². The maximum atomic E-state index is 14.4. The summed E-state index contributed by atoms with van der Waals surface area (Å²) in [6.45, 7) is 17.1. The van der Waals surface area contributed by atoms with Crippen molar-refractivity contribution >= 4 is 24.0 Å². The number of rotatable bonds is 10. The number of ether oxygens (including phenoxy) is 7. The van der Waals surface area contributed by atoms with Crippen LogP contribution in [0.3, 0.4) is 0 Å². The van der Waals surface area contributed by atoms with Crippen molar-refractivity contribution in [3.05, 3.63) is 42.0 Å². The number of hydrogen-bond acceptors (Lipinski definition) is 12. The molecule has 2 saturated heterocycles. The maximum Gasteiger partial charge on any atom is 0.346 e. The van der Waals surface area contributed by atoms with E-state index in [2.05, 4.69) is 0 Å².